The van der Waals surface area contributed by atoms with Gasteiger partial charge < -0.3 is 9.64 Å². The van der Waals surface area contributed by atoms with E-state index in [1.54, 1.807) is 4.90 Å². The SMILES string of the molecule is CC1CCN(C(=O)COC(=O)[C@H](C)NS(=O)(=O)c2ccc(Cl)c(Cl)c2)CC1. The molecule has 1 N–H and O–H groups in total. The Bertz CT molecular complexity index is 808. The molecule has 1 aromatic carbocycles. The average molecular weight is 437 g/mol. The van der Waals surface area contributed by atoms with Gasteiger partial charge in [-0.15, -0.1) is 0 Å². The highest BCUT2D eigenvalue weighted by molar-refractivity contribution is 7.89. The molecule has 1 aliphatic heterocycles. The quantitative estimate of drug-likeness (QED) is 0.691. The van der Waals surface area contributed by atoms with Gasteiger partial charge in [-0.05, 0) is 43.9 Å². The Morgan fingerprint density at radius 3 is 2.48 bits per heavy atom. The van der Waals surface area contributed by atoms with Crippen LogP contribution in [0.2, 0.25) is 10.0 Å². The molecule has 1 aromatic rings. The molecule has 27 heavy (non-hydrogen) atoms. The number of halogens is 2. The van der Waals surface area contributed by atoms with E-state index < -0.39 is 28.6 Å². The van der Waals surface area contributed by atoms with Gasteiger partial charge in [-0.3, -0.25) is 9.59 Å². The Labute approximate surface area is 169 Å². The maximum absolute atomic E-state index is 12.3. The molecule has 1 aliphatic rings. The molecule has 1 fully saturated rings. The van der Waals surface area contributed by atoms with Gasteiger partial charge in [0.05, 0.1) is 14.9 Å². The molecule has 1 atom stereocenters. The minimum atomic E-state index is -4.00. The summed E-state index contributed by atoms with van der Waals surface area (Å²) in [6, 6.07) is 2.64. The maximum Gasteiger partial charge on any atom is 0.324 e. The largest absolute Gasteiger partial charge is 0.454 e. The van der Waals surface area contributed by atoms with E-state index in [2.05, 4.69) is 11.6 Å². The second kappa shape index (κ2) is 9.23. The summed E-state index contributed by atoms with van der Waals surface area (Å²) in [5.41, 5.74) is 0. The number of sulfonamides is 1. The number of likely N-dealkylation sites (tertiary alicyclic amines) is 1. The molecule has 10 heteroatoms. The van der Waals surface area contributed by atoms with Gasteiger partial charge in [0.1, 0.15) is 6.04 Å². The second-order valence-corrected chi connectivity index (χ2v) is 9.12. The van der Waals surface area contributed by atoms with Crippen LogP contribution < -0.4 is 4.72 Å². The van der Waals surface area contributed by atoms with E-state index in [9.17, 15) is 18.0 Å². The van der Waals surface area contributed by atoms with E-state index in [1.165, 1.54) is 25.1 Å². The molecule has 0 radical (unpaired) electrons. The third-order valence-corrected chi connectivity index (χ3v) is 6.64. The smallest absolute Gasteiger partial charge is 0.324 e. The zero-order chi connectivity index (χ0) is 20.2. The first kappa shape index (κ1) is 21.9. The average Bonchev–Trinajstić information content (AvgIpc) is 2.61. The molecule has 1 amide bonds. The van der Waals surface area contributed by atoms with Crippen molar-refractivity contribution in [1.82, 2.24) is 9.62 Å². The van der Waals surface area contributed by atoms with Crippen LogP contribution >= 0.6 is 23.2 Å². The fraction of sp³-hybridized carbons (Fsp3) is 0.529. The molecule has 2 rings (SSSR count). The zero-order valence-corrected chi connectivity index (χ0v) is 17.4. The van der Waals surface area contributed by atoms with Gasteiger partial charge in [-0.25, -0.2) is 8.42 Å². The lowest BCUT2D eigenvalue weighted by Gasteiger charge is -2.30. The number of piperidine rings is 1. The number of carbonyl (C=O) groups is 2. The molecule has 0 bridgehead atoms. The van der Waals surface area contributed by atoms with E-state index in [1.807, 2.05) is 0 Å². The number of esters is 1. The molecule has 0 aliphatic carbocycles. The lowest BCUT2D eigenvalue weighted by atomic mass is 9.99. The van der Waals surface area contributed by atoms with E-state index in [0.29, 0.717) is 19.0 Å². The van der Waals surface area contributed by atoms with Crippen molar-refractivity contribution in [2.24, 2.45) is 5.92 Å². The lowest BCUT2D eigenvalue weighted by Crippen LogP contribution is -2.43. The number of benzene rings is 1. The van der Waals surface area contributed by atoms with Crippen LogP contribution in [-0.2, 0) is 24.3 Å². The van der Waals surface area contributed by atoms with Gasteiger partial charge in [0.15, 0.2) is 6.61 Å². The van der Waals surface area contributed by atoms with E-state index in [4.69, 9.17) is 27.9 Å². The fourth-order valence-electron chi connectivity index (χ4n) is 2.60. The van der Waals surface area contributed by atoms with Crippen LogP contribution in [0.5, 0.6) is 0 Å². The van der Waals surface area contributed by atoms with Crippen LogP contribution in [0.4, 0.5) is 0 Å². The predicted molar refractivity (Wildman–Crippen MR) is 102 cm³/mol. The summed E-state index contributed by atoms with van der Waals surface area (Å²) < 4.78 is 31.8. The molecule has 1 heterocycles. The Morgan fingerprint density at radius 2 is 1.89 bits per heavy atom. The van der Waals surface area contributed by atoms with Crippen molar-refractivity contribution < 1.29 is 22.7 Å². The first-order valence-electron chi connectivity index (χ1n) is 8.52. The number of hydrogen-bond acceptors (Lipinski definition) is 5. The standard InChI is InChI=1S/C17H22Cl2N2O5S/c1-11-5-7-21(8-6-11)16(22)10-26-17(23)12(2)20-27(24,25)13-3-4-14(18)15(19)9-13/h3-4,9,11-12,20H,5-8,10H2,1-2H3/t12-/m0/s1. The third kappa shape index (κ3) is 6.07. The normalized spacial score (nSPS) is 16.8. The van der Waals surface area contributed by atoms with Crippen LogP contribution in [0, 0.1) is 5.92 Å². The van der Waals surface area contributed by atoms with Gasteiger partial charge in [-0.1, -0.05) is 30.1 Å². The summed E-state index contributed by atoms with van der Waals surface area (Å²) in [5.74, 6) is -0.542. The molecule has 0 unspecified atom stereocenters. The van der Waals surface area contributed by atoms with Crippen molar-refractivity contribution in [3.05, 3.63) is 28.2 Å². The minimum absolute atomic E-state index is 0.0798. The van der Waals surface area contributed by atoms with E-state index >= 15 is 0 Å². The summed E-state index contributed by atoms with van der Waals surface area (Å²) in [5, 5.41) is 0.296. The first-order chi connectivity index (χ1) is 12.6. The maximum atomic E-state index is 12.3. The van der Waals surface area contributed by atoms with Gasteiger partial charge >= 0.3 is 5.97 Å². The first-order valence-corrected chi connectivity index (χ1v) is 10.8. The number of amides is 1. The summed E-state index contributed by atoms with van der Waals surface area (Å²) in [6.07, 6.45) is 1.83. The third-order valence-electron chi connectivity index (χ3n) is 4.36. The van der Waals surface area contributed by atoms with Crippen LogP contribution in [0.1, 0.15) is 26.7 Å². The topological polar surface area (TPSA) is 92.8 Å². The molecule has 0 saturated carbocycles. The van der Waals surface area contributed by atoms with E-state index in [0.717, 1.165) is 12.8 Å². The number of ether oxygens (including phenoxy) is 1. The fourth-order valence-corrected chi connectivity index (χ4v) is 4.18. The molecule has 7 nitrogen and oxygen atoms in total. The number of nitrogens with zero attached hydrogens (tertiary/aromatic N) is 1. The molecule has 0 aromatic heterocycles. The van der Waals surface area contributed by atoms with Gasteiger partial charge in [0.2, 0.25) is 10.0 Å². The molecule has 1 saturated heterocycles. The zero-order valence-electron chi connectivity index (χ0n) is 15.1. The highest BCUT2D eigenvalue weighted by Crippen LogP contribution is 2.24. The van der Waals surface area contributed by atoms with Gasteiger partial charge in [-0.2, -0.15) is 4.72 Å². The van der Waals surface area contributed by atoms with Crippen LogP contribution in [0.25, 0.3) is 0 Å². The minimum Gasteiger partial charge on any atom is -0.454 e. The summed E-state index contributed by atoms with van der Waals surface area (Å²) >= 11 is 11.6. The van der Waals surface area contributed by atoms with Crippen LogP contribution in [0.15, 0.2) is 23.1 Å². The van der Waals surface area contributed by atoms with Crippen molar-refractivity contribution in [1.29, 1.82) is 0 Å². The number of rotatable bonds is 6. The van der Waals surface area contributed by atoms with Crippen molar-refractivity contribution in [2.45, 2.75) is 37.6 Å². The van der Waals surface area contributed by atoms with Crippen molar-refractivity contribution in [3.8, 4) is 0 Å². The molecule has 150 valence electrons. The van der Waals surface area contributed by atoms with Crippen LogP contribution in [-0.4, -0.2) is 50.9 Å². The van der Waals surface area contributed by atoms with E-state index in [-0.39, 0.29) is 20.8 Å². The van der Waals surface area contributed by atoms with Gasteiger partial charge in [0, 0.05) is 13.1 Å². The lowest BCUT2D eigenvalue weighted by molar-refractivity contribution is -0.153. The monoisotopic (exact) mass is 436 g/mol. The van der Waals surface area contributed by atoms with Crippen molar-refractivity contribution in [2.75, 3.05) is 19.7 Å². The predicted octanol–water partition coefficient (Wildman–Crippen LogP) is 2.46. The second-order valence-electron chi connectivity index (χ2n) is 6.59. The number of hydrogen-bond donors (Lipinski definition) is 1. The van der Waals surface area contributed by atoms with Crippen molar-refractivity contribution >= 4 is 45.1 Å². The Balaban J connectivity index is 1.89. The highest BCUT2D eigenvalue weighted by atomic mass is 35.5. The van der Waals surface area contributed by atoms with Crippen molar-refractivity contribution in [3.63, 3.8) is 0 Å². The summed E-state index contributed by atoms with van der Waals surface area (Å²) in [4.78, 5) is 25.7. The highest BCUT2D eigenvalue weighted by Gasteiger charge is 2.26. The summed E-state index contributed by atoms with van der Waals surface area (Å²) in [6.45, 7) is 4.33. The summed E-state index contributed by atoms with van der Waals surface area (Å²) in [7, 11) is -4.00. The van der Waals surface area contributed by atoms with Gasteiger partial charge in [0.25, 0.3) is 5.91 Å². The molecular formula is C17H22Cl2N2O5S. The number of carbonyl (C=O) groups excluding carboxylic acids is 2. The van der Waals surface area contributed by atoms with Crippen LogP contribution in [0.3, 0.4) is 0 Å². The molecule has 0 spiro atoms. The Hall–Kier alpha value is -1.35. The molecular weight excluding hydrogens is 415 g/mol. The number of nitrogens with one attached hydrogen (secondary N) is 1. The Kier molecular flexibility index (Phi) is 7.50. The Morgan fingerprint density at radius 1 is 1.26 bits per heavy atom.